The number of anilines is 1. The molecule has 0 bridgehead atoms. The lowest BCUT2D eigenvalue weighted by molar-refractivity contribution is 0.0995. The molecule has 12 nitrogen and oxygen atoms in total. The van der Waals surface area contributed by atoms with Crippen LogP contribution in [0, 0.1) is 6.92 Å². The highest BCUT2D eigenvalue weighted by Crippen LogP contribution is 2.27. The number of nitrogens with one attached hydrogen (secondary N) is 1. The number of hydrogen-bond donors (Lipinski definition) is 3. The molecule has 0 radical (unpaired) electrons. The lowest BCUT2D eigenvalue weighted by Gasteiger charge is -2.12. The highest BCUT2D eigenvalue weighted by molar-refractivity contribution is 7.92. The molecule has 2 aromatic heterocycles. The molecule has 0 aliphatic rings. The summed E-state index contributed by atoms with van der Waals surface area (Å²) in [5.41, 5.74) is 4.60. The second kappa shape index (κ2) is 8.93. The van der Waals surface area contributed by atoms with Crippen molar-refractivity contribution in [2.24, 2.45) is 16.0 Å². The van der Waals surface area contributed by atoms with Gasteiger partial charge in [-0.05, 0) is 44.2 Å². The maximum Gasteiger partial charge on any atom is 0.281 e. The standard InChI is InChI=1S/C19H19N7O5S/c1-3-26-17(28)14(16(20)27)11(2)15(18(26)29)24-23-12-5-7-13(8-6-12)32(30,31)25-19-21-9-4-10-22-19/h4-10,28H,3H2,1-2H3,(H2,20,27)(H,21,22,25). The van der Waals surface area contributed by atoms with E-state index in [1.165, 1.54) is 43.6 Å². The van der Waals surface area contributed by atoms with Crippen molar-refractivity contribution in [2.45, 2.75) is 25.3 Å². The fourth-order valence-electron chi connectivity index (χ4n) is 2.84. The van der Waals surface area contributed by atoms with Crippen molar-refractivity contribution in [3.8, 4) is 5.88 Å². The van der Waals surface area contributed by atoms with Gasteiger partial charge in [-0.3, -0.25) is 14.2 Å². The van der Waals surface area contributed by atoms with Gasteiger partial charge in [-0.1, -0.05) is 0 Å². The summed E-state index contributed by atoms with van der Waals surface area (Å²) in [6.07, 6.45) is 2.80. The van der Waals surface area contributed by atoms with Crippen LogP contribution in [-0.2, 0) is 16.6 Å². The van der Waals surface area contributed by atoms with Crippen LogP contribution in [0.4, 0.5) is 17.3 Å². The molecule has 0 aliphatic heterocycles. The van der Waals surface area contributed by atoms with E-state index in [1.54, 1.807) is 13.0 Å². The molecule has 3 rings (SSSR count). The predicted molar refractivity (Wildman–Crippen MR) is 115 cm³/mol. The van der Waals surface area contributed by atoms with E-state index in [1.807, 2.05) is 0 Å². The van der Waals surface area contributed by atoms with Gasteiger partial charge in [0.25, 0.3) is 21.5 Å². The molecule has 4 N–H and O–H groups in total. The van der Waals surface area contributed by atoms with E-state index in [0.717, 1.165) is 4.57 Å². The molecule has 0 fully saturated rings. The first-order valence-corrected chi connectivity index (χ1v) is 10.7. The third kappa shape index (κ3) is 4.46. The van der Waals surface area contributed by atoms with Crippen molar-refractivity contribution in [2.75, 3.05) is 4.72 Å². The molecule has 1 aromatic carbocycles. The Hall–Kier alpha value is -4.13. The van der Waals surface area contributed by atoms with Crippen molar-refractivity contribution >= 4 is 33.3 Å². The molecule has 0 atom stereocenters. The number of rotatable bonds is 7. The average Bonchev–Trinajstić information content (AvgIpc) is 2.74. The largest absolute Gasteiger partial charge is 0.494 e. The molecule has 3 aromatic rings. The van der Waals surface area contributed by atoms with E-state index >= 15 is 0 Å². The van der Waals surface area contributed by atoms with Crippen LogP contribution in [0.25, 0.3) is 0 Å². The normalized spacial score (nSPS) is 11.6. The predicted octanol–water partition coefficient (Wildman–Crippen LogP) is 1.99. The number of sulfonamides is 1. The molecule has 13 heteroatoms. The molecular formula is C19H19N7O5S. The van der Waals surface area contributed by atoms with Gasteiger partial charge < -0.3 is 10.8 Å². The summed E-state index contributed by atoms with van der Waals surface area (Å²) in [6.45, 7) is 3.11. The maximum absolute atomic E-state index is 12.6. The molecule has 32 heavy (non-hydrogen) atoms. The van der Waals surface area contributed by atoms with Crippen molar-refractivity contribution in [3.63, 3.8) is 0 Å². The number of benzene rings is 1. The minimum Gasteiger partial charge on any atom is -0.494 e. The lowest BCUT2D eigenvalue weighted by atomic mass is 10.1. The Morgan fingerprint density at radius 3 is 2.38 bits per heavy atom. The molecule has 1 amide bonds. The number of pyridine rings is 1. The van der Waals surface area contributed by atoms with Crippen LogP contribution < -0.4 is 16.0 Å². The van der Waals surface area contributed by atoms with Gasteiger partial charge in [0.15, 0.2) is 5.69 Å². The molecule has 0 saturated heterocycles. The van der Waals surface area contributed by atoms with Gasteiger partial charge >= 0.3 is 0 Å². The average molecular weight is 457 g/mol. The van der Waals surface area contributed by atoms with E-state index in [-0.39, 0.29) is 39.9 Å². The van der Waals surface area contributed by atoms with Crippen LogP contribution in [0.5, 0.6) is 5.88 Å². The van der Waals surface area contributed by atoms with E-state index in [2.05, 4.69) is 24.9 Å². The minimum absolute atomic E-state index is 0.0610. The molecule has 166 valence electrons. The zero-order valence-corrected chi connectivity index (χ0v) is 17.9. The van der Waals surface area contributed by atoms with Crippen LogP contribution in [-0.4, -0.2) is 34.0 Å². The van der Waals surface area contributed by atoms with E-state index < -0.39 is 27.4 Å². The number of carbonyl (C=O) groups is 1. The Labute approximate surface area is 182 Å². The van der Waals surface area contributed by atoms with Gasteiger partial charge in [0, 0.05) is 24.5 Å². The summed E-state index contributed by atoms with van der Waals surface area (Å²) in [7, 11) is -3.92. The fourth-order valence-corrected chi connectivity index (χ4v) is 3.80. The van der Waals surface area contributed by atoms with Gasteiger partial charge in [-0.15, -0.1) is 5.11 Å². The summed E-state index contributed by atoms with van der Waals surface area (Å²) >= 11 is 0. The van der Waals surface area contributed by atoms with Crippen molar-refractivity contribution < 1.29 is 18.3 Å². The van der Waals surface area contributed by atoms with E-state index in [0.29, 0.717) is 0 Å². The van der Waals surface area contributed by atoms with E-state index in [9.17, 15) is 23.1 Å². The number of nitrogens with two attached hydrogens (primary N) is 1. The zero-order valence-electron chi connectivity index (χ0n) is 17.1. The van der Waals surface area contributed by atoms with Crippen LogP contribution >= 0.6 is 0 Å². The minimum atomic E-state index is -3.92. The SMILES string of the molecule is CCn1c(O)c(C(N)=O)c(C)c(N=Nc2ccc(S(=O)(=O)Nc3ncccn3)cc2)c1=O. The third-order valence-corrected chi connectivity index (χ3v) is 5.77. The van der Waals surface area contributed by atoms with E-state index in [4.69, 9.17) is 5.73 Å². The van der Waals surface area contributed by atoms with Gasteiger partial charge in [0.2, 0.25) is 11.8 Å². The van der Waals surface area contributed by atoms with Crippen LogP contribution in [0.3, 0.4) is 0 Å². The number of hydrogen-bond acceptors (Lipinski definition) is 9. The smallest absolute Gasteiger partial charge is 0.281 e. The molecular weight excluding hydrogens is 438 g/mol. The van der Waals surface area contributed by atoms with Crippen molar-refractivity contribution in [1.29, 1.82) is 0 Å². The molecule has 0 spiro atoms. The van der Waals surface area contributed by atoms with Gasteiger partial charge in [-0.2, -0.15) is 5.11 Å². The summed E-state index contributed by atoms with van der Waals surface area (Å²) in [5.74, 6) is -1.52. The molecule has 0 saturated carbocycles. The Balaban J connectivity index is 1.92. The van der Waals surface area contributed by atoms with Crippen LogP contribution in [0.1, 0.15) is 22.8 Å². The number of aromatic hydroxyl groups is 1. The third-order valence-electron chi connectivity index (χ3n) is 4.42. The second-order valence-electron chi connectivity index (χ2n) is 6.46. The monoisotopic (exact) mass is 457 g/mol. The summed E-state index contributed by atoms with van der Waals surface area (Å²) in [6, 6.07) is 6.90. The topological polar surface area (TPSA) is 182 Å². The Morgan fingerprint density at radius 1 is 1.19 bits per heavy atom. The number of azo groups is 1. The number of amides is 1. The number of primary amides is 1. The number of aromatic nitrogens is 3. The molecule has 0 unspecified atom stereocenters. The summed E-state index contributed by atoms with van der Waals surface area (Å²) in [4.78, 5) is 31.9. The lowest BCUT2D eigenvalue weighted by Crippen LogP contribution is -2.25. The van der Waals surface area contributed by atoms with Crippen LogP contribution in [0.2, 0.25) is 0 Å². The Morgan fingerprint density at radius 2 is 1.81 bits per heavy atom. The van der Waals surface area contributed by atoms with Gasteiger partial charge in [0.05, 0.1) is 10.6 Å². The molecule has 2 heterocycles. The quantitative estimate of drug-likeness (QED) is 0.453. The van der Waals surface area contributed by atoms with Gasteiger partial charge in [-0.25, -0.2) is 23.1 Å². The number of nitrogens with zero attached hydrogens (tertiary/aromatic N) is 5. The maximum atomic E-state index is 12.6. The zero-order chi connectivity index (χ0) is 23.5. The number of carbonyl (C=O) groups excluding carboxylic acids is 1. The van der Waals surface area contributed by atoms with Crippen molar-refractivity contribution in [3.05, 3.63) is 64.2 Å². The first-order valence-electron chi connectivity index (χ1n) is 9.23. The Kier molecular flexibility index (Phi) is 6.30. The first kappa shape index (κ1) is 22.6. The van der Waals surface area contributed by atoms with Crippen molar-refractivity contribution in [1.82, 2.24) is 14.5 Å². The van der Waals surface area contributed by atoms with Crippen LogP contribution in [0.15, 0.2) is 62.6 Å². The summed E-state index contributed by atoms with van der Waals surface area (Å²) < 4.78 is 28.1. The second-order valence-corrected chi connectivity index (χ2v) is 8.14. The Bertz CT molecular complexity index is 1350. The molecule has 0 aliphatic carbocycles. The first-order chi connectivity index (χ1) is 15.2. The fraction of sp³-hybridized carbons (Fsp3) is 0.158. The highest BCUT2D eigenvalue weighted by atomic mass is 32.2. The van der Waals surface area contributed by atoms with Gasteiger partial charge in [0.1, 0.15) is 5.56 Å². The summed E-state index contributed by atoms with van der Waals surface area (Å²) in [5, 5.41) is 18.0. The highest BCUT2D eigenvalue weighted by Gasteiger charge is 2.22.